The van der Waals surface area contributed by atoms with Crippen LogP contribution in [0.1, 0.15) is 25.3 Å². The highest BCUT2D eigenvalue weighted by Crippen LogP contribution is 2.25. The van der Waals surface area contributed by atoms with Crippen molar-refractivity contribution < 1.29 is 9.90 Å². The van der Waals surface area contributed by atoms with Crippen molar-refractivity contribution in [3.05, 3.63) is 34.9 Å². The van der Waals surface area contributed by atoms with Gasteiger partial charge in [-0.15, -0.1) is 0 Å². The smallest absolute Gasteiger partial charge is 0.328 e. The molecule has 0 aliphatic heterocycles. The molecular weight excluding hydrogens is 250 g/mol. The molecule has 1 N–H and O–H groups in total. The summed E-state index contributed by atoms with van der Waals surface area (Å²) in [4.78, 5) is 12.7. The number of carboxylic acids is 1. The number of benzene rings is 1. The third kappa shape index (κ3) is 4.41. The van der Waals surface area contributed by atoms with Crippen LogP contribution in [-0.2, 0) is 4.79 Å². The number of anilines is 1. The van der Waals surface area contributed by atoms with Gasteiger partial charge in [0.15, 0.2) is 0 Å². The number of unbranched alkanes of at least 4 members (excludes halogenated alkanes) is 1. The van der Waals surface area contributed by atoms with E-state index in [0.29, 0.717) is 5.02 Å². The zero-order chi connectivity index (χ0) is 13.5. The van der Waals surface area contributed by atoms with E-state index in [4.69, 9.17) is 16.7 Å². The van der Waals surface area contributed by atoms with E-state index < -0.39 is 5.97 Å². The molecule has 0 radical (unpaired) electrons. The Kier molecular flexibility index (Phi) is 5.72. The molecule has 1 aromatic rings. The second-order valence-electron chi connectivity index (χ2n) is 4.15. The third-order valence-electron chi connectivity index (χ3n) is 2.66. The third-order valence-corrected chi connectivity index (χ3v) is 2.89. The molecule has 0 aliphatic rings. The molecule has 0 aliphatic carbocycles. The molecule has 0 unspecified atom stereocenters. The summed E-state index contributed by atoms with van der Waals surface area (Å²) in [6, 6.07) is 5.46. The minimum absolute atomic E-state index is 0.654. The lowest BCUT2D eigenvalue weighted by Gasteiger charge is -2.21. The number of halogens is 1. The maximum absolute atomic E-state index is 10.6. The van der Waals surface area contributed by atoms with E-state index in [2.05, 4.69) is 11.8 Å². The molecule has 4 heteroatoms. The van der Waals surface area contributed by atoms with E-state index in [9.17, 15) is 4.79 Å². The summed E-state index contributed by atoms with van der Waals surface area (Å²) in [7, 11) is 1.99. The van der Waals surface area contributed by atoms with Crippen LogP contribution < -0.4 is 4.90 Å². The Morgan fingerprint density at radius 1 is 1.50 bits per heavy atom. The van der Waals surface area contributed by atoms with Crippen LogP contribution >= 0.6 is 11.6 Å². The van der Waals surface area contributed by atoms with Crippen molar-refractivity contribution in [3.63, 3.8) is 0 Å². The average molecular weight is 268 g/mol. The Hall–Kier alpha value is -1.48. The molecule has 0 heterocycles. The standard InChI is InChI=1S/C14H18ClNO2/c1-3-4-9-16(2)13-10-12(15)7-5-11(13)6-8-14(17)18/h5-8,10H,3-4,9H2,1-2H3,(H,17,18)/b8-6+. The summed E-state index contributed by atoms with van der Waals surface area (Å²) in [6.45, 7) is 3.06. The van der Waals surface area contributed by atoms with Crippen molar-refractivity contribution in [2.45, 2.75) is 19.8 Å². The van der Waals surface area contributed by atoms with Gasteiger partial charge in [0, 0.05) is 30.4 Å². The quantitative estimate of drug-likeness (QED) is 0.800. The topological polar surface area (TPSA) is 40.5 Å². The number of aliphatic carboxylic acids is 1. The van der Waals surface area contributed by atoms with Gasteiger partial charge in [-0.25, -0.2) is 4.79 Å². The Morgan fingerprint density at radius 3 is 2.83 bits per heavy atom. The Morgan fingerprint density at radius 2 is 2.22 bits per heavy atom. The van der Waals surface area contributed by atoms with Crippen LogP contribution in [0.3, 0.4) is 0 Å². The van der Waals surface area contributed by atoms with Gasteiger partial charge in [0.05, 0.1) is 0 Å². The predicted octanol–water partition coefficient (Wildman–Crippen LogP) is 3.67. The van der Waals surface area contributed by atoms with Gasteiger partial charge in [-0.1, -0.05) is 31.0 Å². The van der Waals surface area contributed by atoms with Crippen LogP contribution in [-0.4, -0.2) is 24.7 Å². The van der Waals surface area contributed by atoms with E-state index >= 15 is 0 Å². The van der Waals surface area contributed by atoms with Gasteiger partial charge < -0.3 is 10.0 Å². The molecule has 98 valence electrons. The van der Waals surface area contributed by atoms with Gasteiger partial charge in [-0.05, 0) is 30.2 Å². The molecule has 18 heavy (non-hydrogen) atoms. The zero-order valence-electron chi connectivity index (χ0n) is 10.7. The predicted molar refractivity (Wildman–Crippen MR) is 76.3 cm³/mol. The minimum atomic E-state index is -0.952. The maximum atomic E-state index is 10.6. The summed E-state index contributed by atoms with van der Waals surface area (Å²) in [5, 5.41) is 9.33. The number of nitrogens with zero attached hydrogens (tertiary/aromatic N) is 1. The van der Waals surface area contributed by atoms with Crippen molar-refractivity contribution >= 4 is 29.3 Å². The minimum Gasteiger partial charge on any atom is -0.478 e. The van der Waals surface area contributed by atoms with Crippen molar-refractivity contribution in [2.75, 3.05) is 18.5 Å². The molecule has 1 aromatic carbocycles. The largest absolute Gasteiger partial charge is 0.478 e. The van der Waals surface area contributed by atoms with Crippen molar-refractivity contribution in [1.29, 1.82) is 0 Å². The van der Waals surface area contributed by atoms with Gasteiger partial charge in [0.25, 0.3) is 0 Å². The first-order valence-electron chi connectivity index (χ1n) is 5.96. The number of hydrogen-bond acceptors (Lipinski definition) is 2. The van der Waals surface area contributed by atoms with Crippen LogP contribution in [0, 0.1) is 0 Å². The first kappa shape index (κ1) is 14.6. The molecule has 0 spiro atoms. The highest BCUT2D eigenvalue weighted by Gasteiger charge is 2.06. The molecule has 0 bridgehead atoms. The molecule has 0 atom stereocenters. The van der Waals surface area contributed by atoms with Crippen molar-refractivity contribution in [1.82, 2.24) is 0 Å². The lowest BCUT2D eigenvalue weighted by molar-refractivity contribution is -0.131. The second-order valence-corrected chi connectivity index (χ2v) is 4.59. The van der Waals surface area contributed by atoms with Crippen molar-refractivity contribution in [3.8, 4) is 0 Å². The lowest BCUT2D eigenvalue weighted by atomic mass is 10.1. The molecule has 0 amide bonds. The summed E-state index contributed by atoms with van der Waals surface area (Å²) in [6.07, 6.45) is 4.94. The molecule has 0 aromatic heterocycles. The van der Waals surface area contributed by atoms with Gasteiger partial charge in [-0.3, -0.25) is 0 Å². The summed E-state index contributed by atoms with van der Waals surface area (Å²) in [5.41, 5.74) is 1.81. The van der Waals surface area contributed by atoms with Gasteiger partial charge >= 0.3 is 5.97 Å². The first-order valence-corrected chi connectivity index (χ1v) is 6.34. The summed E-state index contributed by atoms with van der Waals surface area (Å²) in [5.74, 6) is -0.952. The van der Waals surface area contributed by atoms with Crippen LogP contribution in [0.4, 0.5) is 5.69 Å². The fourth-order valence-corrected chi connectivity index (χ4v) is 1.83. The number of carbonyl (C=O) groups is 1. The molecule has 3 nitrogen and oxygen atoms in total. The molecule has 0 saturated carbocycles. The van der Waals surface area contributed by atoms with Crippen LogP contribution in [0.2, 0.25) is 5.02 Å². The fraction of sp³-hybridized carbons (Fsp3) is 0.357. The van der Waals surface area contributed by atoms with E-state index in [1.807, 2.05) is 19.2 Å². The van der Waals surface area contributed by atoms with Gasteiger partial charge in [-0.2, -0.15) is 0 Å². The summed E-state index contributed by atoms with van der Waals surface area (Å²) >= 11 is 5.99. The fourth-order valence-electron chi connectivity index (χ4n) is 1.67. The van der Waals surface area contributed by atoms with Crippen LogP contribution in [0.15, 0.2) is 24.3 Å². The average Bonchev–Trinajstić information content (AvgIpc) is 2.34. The number of rotatable bonds is 6. The Labute approximate surface area is 113 Å². The van der Waals surface area contributed by atoms with Crippen LogP contribution in [0.25, 0.3) is 6.08 Å². The van der Waals surface area contributed by atoms with Crippen LogP contribution in [0.5, 0.6) is 0 Å². The van der Waals surface area contributed by atoms with Gasteiger partial charge in [0.1, 0.15) is 0 Å². The number of hydrogen-bond donors (Lipinski definition) is 1. The van der Waals surface area contributed by atoms with E-state index in [0.717, 1.165) is 36.7 Å². The van der Waals surface area contributed by atoms with E-state index in [1.165, 1.54) is 0 Å². The zero-order valence-corrected chi connectivity index (χ0v) is 11.4. The Balaban J connectivity index is 2.99. The molecular formula is C14H18ClNO2. The molecule has 0 fully saturated rings. The SMILES string of the molecule is CCCCN(C)c1cc(Cl)ccc1/C=C/C(=O)O. The molecule has 1 rings (SSSR count). The second kappa shape index (κ2) is 7.07. The van der Waals surface area contributed by atoms with Gasteiger partial charge in [0.2, 0.25) is 0 Å². The lowest BCUT2D eigenvalue weighted by Crippen LogP contribution is -2.19. The monoisotopic (exact) mass is 267 g/mol. The normalized spacial score (nSPS) is 10.8. The maximum Gasteiger partial charge on any atom is 0.328 e. The van der Waals surface area contributed by atoms with Crippen molar-refractivity contribution in [2.24, 2.45) is 0 Å². The highest BCUT2D eigenvalue weighted by molar-refractivity contribution is 6.31. The molecule has 0 saturated heterocycles. The van der Waals surface area contributed by atoms with E-state index in [1.54, 1.807) is 12.1 Å². The highest BCUT2D eigenvalue weighted by atomic mass is 35.5. The summed E-state index contributed by atoms with van der Waals surface area (Å²) < 4.78 is 0. The van der Waals surface area contributed by atoms with E-state index in [-0.39, 0.29) is 0 Å². The Bertz CT molecular complexity index is 443. The number of carboxylic acid groups (broad SMARTS) is 1. The first-order chi connectivity index (χ1) is 8.54.